The lowest BCUT2D eigenvalue weighted by molar-refractivity contribution is 0.101. The normalized spacial score (nSPS) is 10.7. The molecule has 0 fully saturated rings. The lowest BCUT2D eigenvalue weighted by Crippen LogP contribution is -2.05. The average molecular weight is 291 g/mol. The van der Waals surface area contributed by atoms with Crippen LogP contribution in [-0.4, -0.2) is 26.2 Å². The SMILES string of the molecule is COP(CC(=O)c1cccc(Br)c1)OC. The van der Waals surface area contributed by atoms with E-state index >= 15 is 0 Å². The van der Waals surface area contributed by atoms with Gasteiger partial charge in [-0.15, -0.1) is 0 Å². The first-order valence-corrected chi connectivity index (χ1v) is 6.47. The number of Topliss-reactive ketones (excluding diaryl/α,β-unsaturated/α-hetero) is 1. The van der Waals surface area contributed by atoms with E-state index in [9.17, 15) is 4.79 Å². The van der Waals surface area contributed by atoms with Gasteiger partial charge in [0.25, 0.3) is 0 Å². The number of carbonyl (C=O) groups excluding carboxylic acids is 1. The first kappa shape index (κ1) is 12.8. The molecule has 0 radical (unpaired) electrons. The largest absolute Gasteiger partial charge is 0.337 e. The topological polar surface area (TPSA) is 35.5 Å². The van der Waals surface area contributed by atoms with E-state index in [-0.39, 0.29) is 5.78 Å². The Bertz CT molecular complexity index is 339. The summed E-state index contributed by atoms with van der Waals surface area (Å²) in [5.74, 6) is 0.0334. The van der Waals surface area contributed by atoms with Gasteiger partial charge < -0.3 is 9.05 Å². The molecule has 1 rings (SSSR count). The molecule has 0 bridgehead atoms. The minimum absolute atomic E-state index is 0.0334. The maximum absolute atomic E-state index is 11.8. The van der Waals surface area contributed by atoms with Crippen LogP contribution in [0.2, 0.25) is 0 Å². The molecule has 5 heteroatoms. The second kappa shape index (κ2) is 6.33. The van der Waals surface area contributed by atoms with Gasteiger partial charge in [0.1, 0.15) is 0 Å². The monoisotopic (exact) mass is 290 g/mol. The quantitative estimate of drug-likeness (QED) is 0.617. The van der Waals surface area contributed by atoms with Gasteiger partial charge in [-0.2, -0.15) is 0 Å². The van der Waals surface area contributed by atoms with Crippen molar-refractivity contribution in [1.29, 1.82) is 0 Å². The molecule has 0 saturated carbocycles. The third-order valence-corrected chi connectivity index (χ3v) is 3.68. The van der Waals surface area contributed by atoms with Crippen molar-refractivity contribution in [1.82, 2.24) is 0 Å². The molecule has 0 spiro atoms. The standard InChI is InChI=1S/C10H12BrO3P/c1-13-15(14-2)7-10(12)8-4-3-5-9(11)6-8/h3-6H,7H2,1-2H3. The number of hydrogen-bond acceptors (Lipinski definition) is 3. The summed E-state index contributed by atoms with van der Waals surface area (Å²) in [5, 5.41) is 0. The Labute approximate surface area is 98.8 Å². The van der Waals surface area contributed by atoms with E-state index in [1.165, 1.54) is 0 Å². The summed E-state index contributed by atoms with van der Waals surface area (Å²) < 4.78 is 11.0. The van der Waals surface area contributed by atoms with Crippen molar-refractivity contribution >= 4 is 30.1 Å². The number of rotatable bonds is 5. The van der Waals surface area contributed by atoms with Gasteiger partial charge >= 0.3 is 0 Å². The van der Waals surface area contributed by atoms with E-state index in [0.29, 0.717) is 11.7 Å². The van der Waals surface area contributed by atoms with Crippen molar-refractivity contribution in [2.75, 3.05) is 20.4 Å². The molecule has 0 unspecified atom stereocenters. The third-order valence-electron chi connectivity index (χ3n) is 1.83. The molecule has 3 nitrogen and oxygen atoms in total. The zero-order chi connectivity index (χ0) is 11.3. The highest BCUT2D eigenvalue weighted by atomic mass is 79.9. The molecular weight excluding hydrogens is 279 g/mol. The Balaban J connectivity index is 2.68. The van der Waals surface area contributed by atoms with Crippen LogP contribution in [-0.2, 0) is 9.05 Å². The van der Waals surface area contributed by atoms with Crippen molar-refractivity contribution in [3.05, 3.63) is 34.3 Å². The van der Waals surface area contributed by atoms with Crippen LogP contribution >= 0.6 is 24.3 Å². The van der Waals surface area contributed by atoms with Gasteiger partial charge in [0, 0.05) is 24.3 Å². The second-order valence-electron chi connectivity index (χ2n) is 2.79. The number of hydrogen-bond donors (Lipinski definition) is 0. The van der Waals surface area contributed by atoms with E-state index in [1.807, 2.05) is 12.1 Å². The maximum atomic E-state index is 11.8. The van der Waals surface area contributed by atoms with Gasteiger partial charge in [-0.1, -0.05) is 28.1 Å². The van der Waals surface area contributed by atoms with Crippen LogP contribution in [0.15, 0.2) is 28.7 Å². The number of ketones is 1. The fourth-order valence-electron chi connectivity index (χ4n) is 1.07. The Morgan fingerprint density at radius 2 is 2.07 bits per heavy atom. The summed E-state index contributed by atoms with van der Waals surface area (Å²) in [4.78, 5) is 11.8. The highest BCUT2D eigenvalue weighted by molar-refractivity contribution is 9.10. The predicted molar refractivity (Wildman–Crippen MR) is 64.3 cm³/mol. The smallest absolute Gasteiger partial charge is 0.178 e. The molecule has 0 aromatic heterocycles. The summed E-state index contributed by atoms with van der Waals surface area (Å²) in [7, 11) is 2.00. The van der Waals surface area contributed by atoms with Crippen molar-refractivity contribution in [2.24, 2.45) is 0 Å². The molecule has 82 valence electrons. The molecule has 1 aromatic rings. The minimum Gasteiger partial charge on any atom is -0.337 e. The Hall–Kier alpha value is -0.280. The fourth-order valence-corrected chi connectivity index (χ4v) is 2.30. The van der Waals surface area contributed by atoms with E-state index < -0.39 is 8.38 Å². The summed E-state index contributed by atoms with van der Waals surface area (Å²) in [6, 6.07) is 7.29. The molecule has 0 amide bonds. The third kappa shape index (κ3) is 3.99. The molecule has 15 heavy (non-hydrogen) atoms. The van der Waals surface area contributed by atoms with E-state index in [2.05, 4.69) is 15.9 Å². The highest BCUT2D eigenvalue weighted by Gasteiger charge is 2.14. The Morgan fingerprint density at radius 1 is 1.40 bits per heavy atom. The molecular formula is C10H12BrO3P. The number of benzene rings is 1. The van der Waals surface area contributed by atoms with Crippen LogP contribution in [0.5, 0.6) is 0 Å². The van der Waals surface area contributed by atoms with Crippen LogP contribution < -0.4 is 0 Å². The summed E-state index contributed by atoms with van der Waals surface area (Å²) in [6.45, 7) is 0. The van der Waals surface area contributed by atoms with E-state index in [0.717, 1.165) is 4.47 Å². The first-order chi connectivity index (χ1) is 7.17. The van der Waals surface area contributed by atoms with Gasteiger partial charge in [0.15, 0.2) is 14.2 Å². The van der Waals surface area contributed by atoms with Crippen molar-refractivity contribution in [3.8, 4) is 0 Å². The van der Waals surface area contributed by atoms with Gasteiger partial charge in [0.2, 0.25) is 0 Å². The van der Waals surface area contributed by atoms with Gasteiger partial charge in [-0.25, -0.2) is 0 Å². The zero-order valence-corrected chi connectivity index (χ0v) is 11.0. The lowest BCUT2D eigenvalue weighted by atomic mass is 10.2. The zero-order valence-electron chi connectivity index (χ0n) is 8.57. The molecule has 0 heterocycles. The Morgan fingerprint density at radius 3 is 2.60 bits per heavy atom. The van der Waals surface area contributed by atoms with Crippen molar-refractivity contribution in [2.45, 2.75) is 0 Å². The van der Waals surface area contributed by atoms with E-state index in [4.69, 9.17) is 9.05 Å². The summed E-state index contributed by atoms with van der Waals surface area (Å²) in [6.07, 6.45) is 0.290. The average Bonchev–Trinajstić information content (AvgIpc) is 2.25. The van der Waals surface area contributed by atoms with Crippen LogP contribution in [0.3, 0.4) is 0 Å². The molecule has 0 atom stereocenters. The summed E-state index contributed by atoms with van der Waals surface area (Å²) >= 11 is 3.32. The maximum Gasteiger partial charge on any atom is 0.178 e. The molecule has 1 aromatic carbocycles. The molecule has 0 saturated heterocycles. The van der Waals surface area contributed by atoms with Gasteiger partial charge in [-0.3, -0.25) is 4.79 Å². The fraction of sp³-hybridized carbons (Fsp3) is 0.300. The lowest BCUT2D eigenvalue weighted by Gasteiger charge is -2.10. The van der Waals surface area contributed by atoms with Crippen LogP contribution in [0.4, 0.5) is 0 Å². The number of carbonyl (C=O) groups is 1. The van der Waals surface area contributed by atoms with Crippen LogP contribution in [0.1, 0.15) is 10.4 Å². The second-order valence-corrected chi connectivity index (χ2v) is 5.42. The van der Waals surface area contributed by atoms with E-state index in [1.54, 1.807) is 26.4 Å². The first-order valence-electron chi connectivity index (χ1n) is 4.32. The molecule has 0 aliphatic heterocycles. The van der Waals surface area contributed by atoms with Crippen LogP contribution in [0.25, 0.3) is 0 Å². The minimum atomic E-state index is -1.09. The summed E-state index contributed by atoms with van der Waals surface area (Å²) in [5.41, 5.74) is 0.672. The number of halogens is 1. The molecule has 0 N–H and O–H groups in total. The van der Waals surface area contributed by atoms with Crippen molar-refractivity contribution < 1.29 is 13.8 Å². The Kier molecular flexibility index (Phi) is 5.40. The predicted octanol–water partition coefficient (Wildman–Crippen LogP) is 3.24. The molecule has 0 aliphatic carbocycles. The van der Waals surface area contributed by atoms with Crippen LogP contribution in [0, 0.1) is 0 Å². The van der Waals surface area contributed by atoms with Gasteiger partial charge in [-0.05, 0) is 12.1 Å². The highest BCUT2D eigenvalue weighted by Crippen LogP contribution is 2.36. The van der Waals surface area contributed by atoms with Gasteiger partial charge in [0.05, 0.1) is 6.16 Å². The van der Waals surface area contributed by atoms with Crippen molar-refractivity contribution in [3.63, 3.8) is 0 Å². The molecule has 0 aliphatic rings.